The third-order valence-electron chi connectivity index (χ3n) is 9.56. The van der Waals surface area contributed by atoms with E-state index in [0.717, 1.165) is 37.4 Å². The van der Waals surface area contributed by atoms with E-state index in [9.17, 15) is 4.79 Å². The molecule has 0 aromatic heterocycles. The number of carbonyl (C=O) groups is 1. The first-order chi connectivity index (χ1) is 19.5. The van der Waals surface area contributed by atoms with E-state index < -0.39 is 6.17 Å². The van der Waals surface area contributed by atoms with Crippen LogP contribution in [0, 0.1) is 11.8 Å². The first-order valence-corrected chi connectivity index (χ1v) is 15.0. The highest BCUT2D eigenvalue weighted by Crippen LogP contribution is 2.54. The molecule has 40 heavy (non-hydrogen) atoms. The number of carbonyl (C=O) groups excluding carboxylic acids is 1. The van der Waals surface area contributed by atoms with Crippen LogP contribution >= 0.6 is 0 Å². The van der Waals surface area contributed by atoms with Crippen molar-refractivity contribution in [3.63, 3.8) is 0 Å². The van der Waals surface area contributed by atoms with Crippen molar-refractivity contribution >= 4 is 5.91 Å². The molecule has 4 unspecified atom stereocenters. The van der Waals surface area contributed by atoms with E-state index in [1.54, 1.807) is 0 Å². The lowest BCUT2D eigenvalue weighted by molar-refractivity contribution is -0.129. The fourth-order valence-electron chi connectivity index (χ4n) is 7.66. The zero-order chi connectivity index (χ0) is 27.5. The summed E-state index contributed by atoms with van der Waals surface area (Å²) in [5.74, 6) is 0.687. The van der Waals surface area contributed by atoms with Gasteiger partial charge in [0.1, 0.15) is 18.0 Å². The standard InChI is InChI=1S/C35H41FN2O2/c1-26(23-37-20-10-11-21-37)40-33-17-9-8-12-27(33)22-34(39)38-24-30-31(25-38)35(19-18-32(30)36,28-13-4-2-5-14-28)29-15-6-3-7-16-29/h2-9,12-17,26,30-32H,10-11,18-25H2,1H3. The smallest absolute Gasteiger partial charge is 0.227 e. The van der Waals surface area contributed by atoms with Crippen molar-refractivity contribution < 1.29 is 13.9 Å². The summed E-state index contributed by atoms with van der Waals surface area (Å²) in [5, 5.41) is 0. The number of benzene rings is 3. The van der Waals surface area contributed by atoms with Gasteiger partial charge < -0.3 is 9.64 Å². The van der Waals surface area contributed by atoms with Gasteiger partial charge in [-0.1, -0.05) is 78.9 Å². The van der Waals surface area contributed by atoms with Crippen LogP contribution in [0.2, 0.25) is 0 Å². The zero-order valence-electron chi connectivity index (χ0n) is 23.6. The number of likely N-dealkylation sites (tertiary alicyclic amines) is 2. The molecule has 0 radical (unpaired) electrons. The summed E-state index contributed by atoms with van der Waals surface area (Å²) in [6.07, 6.45) is 3.19. The Kier molecular flexibility index (Phi) is 7.93. The first-order valence-electron chi connectivity index (χ1n) is 15.0. The van der Waals surface area contributed by atoms with E-state index >= 15 is 4.39 Å². The maximum Gasteiger partial charge on any atom is 0.227 e. The second-order valence-electron chi connectivity index (χ2n) is 12.0. The average molecular weight is 541 g/mol. The second kappa shape index (κ2) is 11.7. The Morgan fingerprint density at radius 1 is 0.925 bits per heavy atom. The van der Waals surface area contributed by atoms with Crippen LogP contribution in [0.4, 0.5) is 4.39 Å². The van der Waals surface area contributed by atoms with Crippen molar-refractivity contribution in [1.29, 1.82) is 0 Å². The largest absolute Gasteiger partial charge is 0.489 e. The molecule has 2 aliphatic heterocycles. The summed E-state index contributed by atoms with van der Waals surface area (Å²) >= 11 is 0. The van der Waals surface area contributed by atoms with Crippen LogP contribution in [0.3, 0.4) is 0 Å². The summed E-state index contributed by atoms with van der Waals surface area (Å²) in [6.45, 7) is 6.32. The number of halogens is 1. The molecule has 6 rings (SSSR count). The molecule has 0 N–H and O–H groups in total. The van der Waals surface area contributed by atoms with Crippen molar-refractivity contribution in [3.05, 3.63) is 102 Å². The van der Waals surface area contributed by atoms with Crippen LogP contribution in [-0.4, -0.2) is 60.7 Å². The highest BCUT2D eigenvalue weighted by atomic mass is 19.1. The Bertz CT molecular complexity index is 1240. The number of hydrogen-bond donors (Lipinski definition) is 0. The van der Waals surface area contributed by atoms with Gasteiger partial charge in [0.15, 0.2) is 0 Å². The molecule has 3 aromatic rings. The van der Waals surface area contributed by atoms with Crippen molar-refractivity contribution in [3.8, 4) is 5.75 Å². The van der Waals surface area contributed by atoms with Crippen molar-refractivity contribution in [2.24, 2.45) is 11.8 Å². The van der Waals surface area contributed by atoms with Gasteiger partial charge in [-0.05, 0) is 68.8 Å². The Balaban J connectivity index is 1.23. The van der Waals surface area contributed by atoms with Crippen LogP contribution in [0.25, 0.3) is 0 Å². The van der Waals surface area contributed by atoms with Gasteiger partial charge in [0.05, 0.1) is 6.42 Å². The molecule has 1 saturated carbocycles. The minimum Gasteiger partial charge on any atom is -0.489 e. The van der Waals surface area contributed by atoms with Crippen molar-refractivity contribution in [2.45, 2.75) is 56.7 Å². The summed E-state index contributed by atoms with van der Waals surface area (Å²) in [7, 11) is 0. The normalized spacial score (nSPS) is 24.9. The van der Waals surface area contributed by atoms with Crippen molar-refractivity contribution in [1.82, 2.24) is 9.80 Å². The van der Waals surface area contributed by atoms with Crippen molar-refractivity contribution in [2.75, 3.05) is 32.7 Å². The number of nitrogens with zero attached hydrogens (tertiary/aromatic N) is 2. The van der Waals surface area contributed by atoms with Gasteiger partial charge in [0.25, 0.3) is 0 Å². The first kappa shape index (κ1) is 27.0. The van der Waals surface area contributed by atoms with E-state index in [1.807, 2.05) is 41.3 Å². The molecule has 3 aromatic carbocycles. The van der Waals surface area contributed by atoms with Gasteiger partial charge in [-0.25, -0.2) is 4.39 Å². The molecule has 2 heterocycles. The van der Waals surface area contributed by atoms with Gasteiger partial charge >= 0.3 is 0 Å². The van der Waals surface area contributed by atoms with E-state index in [2.05, 4.69) is 60.4 Å². The average Bonchev–Trinajstić information content (AvgIpc) is 3.67. The van der Waals surface area contributed by atoms with E-state index in [-0.39, 0.29) is 35.7 Å². The highest BCUT2D eigenvalue weighted by molar-refractivity contribution is 5.80. The second-order valence-corrected chi connectivity index (χ2v) is 12.0. The van der Waals surface area contributed by atoms with Gasteiger partial charge in [0.2, 0.25) is 5.91 Å². The number of amides is 1. The van der Waals surface area contributed by atoms with Gasteiger partial charge in [-0.15, -0.1) is 0 Å². The molecule has 4 nitrogen and oxygen atoms in total. The van der Waals surface area contributed by atoms with Crippen LogP contribution in [0.1, 0.15) is 49.3 Å². The number of alkyl halides is 1. The molecule has 0 bridgehead atoms. The molecular weight excluding hydrogens is 499 g/mol. The Labute approximate surface area is 238 Å². The van der Waals surface area contributed by atoms with E-state index in [1.165, 1.54) is 24.0 Å². The predicted octanol–water partition coefficient (Wildman–Crippen LogP) is 6.29. The number of hydrogen-bond acceptors (Lipinski definition) is 3. The van der Waals surface area contributed by atoms with Crippen LogP contribution in [0.5, 0.6) is 5.75 Å². The third kappa shape index (κ3) is 5.28. The Hall–Kier alpha value is -3.18. The quantitative estimate of drug-likeness (QED) is 0.337. The molecule has 1 amide bonds. The van der Waals surface area contributed by atoms with Gasteiger partial charge in [0, 0.05) is 36.5 Å². The summed E-state index contributed by atoms with van der Waals surface area (Å²) in [4.78, 5) is 18.2. The fourth-order valence-corrected chi connectivity index (χ4v) is 7.66. The van der Waals surface area contributed by atoms with Crippen LogP contribution < -0.4 is 4.74 Å². The van der Waals surface area contributed by atoms with Gasteiger partial charge in [-0.3, -0.25) is 9.69 Å². The summed E-state index contributed by atoms with van der Waals surface area (Å²) in [5.41, 5.74) is 3.05. The Morgan fingerprint density at radius 2 is 1.55 bits per heavy atom. The SMILES string of the molecule is CC(CN1CCCC1)Oc1ccccc1CC(=O)N1CC2C(F)CCC(c3ccccc3)(c3ccccc3)C2C1. The molecule has 0 spiro atoms. The molecule has 1 aliphatic carbocycles. The molecular formula is C35H41FN2O2. The van der Waals surface area contributed by atoms with E-state index in [0.29, 0.717) is 19.5 Å². The molecule has 5 heteroatoms. The van der Waals surface area contributed by atoms with Crippen LogP contribution in [-0.2, 0) is 16.6 Å². The monoisotopic (exact) mass is 540 g/mol. The molecule has 4 atom stereocenters. The number of rotatable bonds is 8. The summed E-state index contributed by atoms with van der Waals surface area (Å²) in [6, 6.07) is 29.0. The predicted molar refractivity (Wildman–Crippen MR) is 157 cm³/mol. The minimum absolute atomic E-state index is 0.0250. The molecule has 3 aliphatic rings. The third-order valence-corrected chi connectivity index (χ3v) is 9.56. The maximum atomic E-state index is 15.6. The lowest BCUT2D eigenvalue weighted by Gasteiger charge is -2.47. The molecule has 210 valence electrons. The lowest BCUT2D eigenvalue weighted by atomic mass is 9.56. The number of fused-ring (bicyclic) bond motifs is 1. The number of para-hydroxylation sites is 1. The highest BCUT2D eigenvalue weighted by Gasteiger charge is 2.55. The summed E-state index contributed by atoms with van der Waals surface area (Å²) < 4.78 is 21.9. The van der Waals surface area contributed by atoms with Gasteiger partial charge in [-0.2, -0.15) is 0 Å². The maximum absolute atomic E-state index is 15.6. The van der Waals surface area contributed by atoms with Crippen LogP contribution in [0.15, 0.2) is 84.9 Å². The topological polar surface area (TPSA) is 32.8 Å². The minimum atomic E-state index is -0.898. The Morgan fingerprint density at radius 3 is 2.23 bits per heavy atom. The zero-order valence-corrected chi connectivity index (χ0v) is 23.6. The fraction of sp³-hybridized carbons (Fsp3) is 0.457. The van der Waals surface area contributed by atoms with E-state index in [4.69, 9.17) is 4.74 Å². The lowest BCUT2D eigenvalue weighted by Crippen LogP contribution is -2.47. The molecule has 2 saturated heterocycles. The molecule has 3 fully saturated rings. The number of ether oxygens (including phenoxy) is 1.